The van der Waals surface area contributed by atoms with Gasteiger partial charge in [0.25, 0.3) is 5.91 Å². The van der Waals surface area contributed by atoms with Crippen molar-refractivity contribution in [1.29, 1.82) is 0 Å². The Kier molecular flexibility index (Phi) is 4.01. The lowest BCUT2D eigenvalue weighted by atomic mass is 10.1. The number of amides is 1. The summed E-state index contributed by atoms with van der Waals surface area (Å²) in [5.41, 5.74) is 1.20. The molecular formula is C14H15N5OS. The van der Waals surface area contributed by atoms with Crippen LogP contribution in [0.1, 0.15) is 29.6 Å². The number of hydrogen-bond acceptors (Lipinski definition) is 5. The Hall–Kier alpha value is -2.15. The Morgan fingerprint density at radius 2 is 2.05 bits per heavy atom. The van der Waals surface area contributed by atoms with Gasteiger partial charge in [-0.3, -0.25) is 4.79 Å². The van der Waals surface area contributed by atoms with Crippen molar-refractivity contribution in [3.63, 3.8) is 0 Å². The van der Waals surface area contributed by atoms with Gasteiger partial charge in [-0.05, 0) is 31.4 Å². The monoisotopic (exact) mass is 301 g/mol. The lowest BCUT2D eigenvalue weighted by Gasteiger charge is -2.17. The molecule has 3 rings (SSSR count). The van der Waals surface area contributed by atoms with Crippen LogP contribution in [0.4, 0.5) is 0 Å². The Morgan fingerprint density at radius 3 is 2.81 bits per heavy atom. The quantitative estimate of drug-likeness (QED) is 0.932. The molecule has 2 aromatic rings. The van der Waals surface area contributed by atoms with Gasteiger partial charge in [0.1, 0.15) is 0 Å². The topological polar surface area (TPSA) is 72.2 Å². The number of para-hydroxylation sites is 1. The third-order valence-corrected chi connectivity index (χ3v) is 3.99. The van der Waals surface area contributed by atoms with Crippen molar-refractivity contribution in [1.82, 2.24) is 20.3 Å². The van der Waals surface area contributed by atoms with Crippen molar-refractivity contribution >= 4 is 18.3 Å². The zero-order chi connectivity index (χ0) is 14.7. The van der Waals surface area contributed by atoms with Gasteiger partial charge in [-0.15, -0.1) is 0 Å². The SMILES string of the molecule is O=C(N[C@@H]1CCC[C@@H]1N=S)c1ccccc1-n1nccn1. The summed E-state index contributed by atoms with van der Waals surface area (Å²) < 4.78 is 3.93. The average molecular weight is 301 g/mol. The van der Waals surface area contributed by atoms with Gasteiger partial charge in [0, 0.05) is 12.4 Å². The van der Waals surface area contributed by atoms with E-state index < -0.39 is 0 Å². The molecule has 108 valence electrons. The molecule has 1 heterocycles. The Balaban J connectivity index is 1.84. The smallest absolute Gasteiger partial charge is 0.253 e. The molecule has 1 aliphatic rings. The summed E-state index contributed by atoms with van der Waals surface area (Å²) in [6.45, 7) is 0. The Labute approximate surface area is 127 Å². The number of hydrogen-bond donors (Lipinski definition) is 1. The van der Waals surface area contributed by atoms with Crippen LogP contribution < -0.4 is 5.32 Å². The maximum absolute atomic E-state index is 12.5. The average Bonchev–Trinajstić information content (AvgIpc) is 3.18. The second-order valence-electron chi connectivity index (χ2n) is 5.02. The predicted octanol–water partition coefficient (Wildman–Crippen LogP) is 1.65. The number of carbonyl (C=O) groups excluding carboxylic acids is 1. The molecule has 0 spiro atoms. The number of aromatic nitrogens is 3. The number of benzene rings is 1. The minimum absolute atomic E-state index is 0.0219. The van der Waals surface area contributed by atoms with Gasteiger partial charge in [-0.1, -0.05) is 12.1 Å². The molecule has 0 bridgehead atoms. The molecule has 7 heteroatoms. The lowest BCUT2D eigenvalue weighted by Crippen LogP contribution is -2.39. The summed E-state index contributed by atoms with van der Waals surface area (Å²) in [5.74, 6) is -0.140. The van der Waals surface area contributed by atoms with Crippen molar-refractivity contribution in [2.75, 3.05) is 0 Å². The van der Waals surface area contributed by atoms with E-state index in [0.717, 1.165) is 19.3 Å². The number of rotatable bonds is 4. The highest BCUT2D eigenvalue weighted by molar-refractivity contribution is 7.47. The van der Waals surface area contributed by atoms with Crippen molar-refractivity contribution in [3.8, 4) is 5.69 Å². The van der Waals surface area contributed by atoms with Crippen LogP contribution in [0.25, 0.3) is 5.69 Å². The van der Waals surface area contributed by atoms with Crippen molar-refractivity contribution in [2.24, 2.45) is 4.36 Å². The van der Waals surface area contributed by atoms with E-state index in [1.165, 1.54) is 4.80 Å². The first kappa shape index (κ1) is 13.8. The van der Waals surface area contributed by atoms with Gasteiger partial charge in [-0.2, -0.15) is 15.0 Å². The normalized spacial score (nSPS) is 21.1. The second-order valence-corrected chi connectivity index (χ2v) is 5.23. The van der Waals surface area contributed by atoms with E-state index in [0.29, 0.717) is 11.3 Å². The van der Waals surface area contributed by atoms with E-state index in [2.05, 4.69) is 19.9 Å². The van der Waals surface area contributed by atoms with Gasteiger partial charge in [0.15, 0.2) is 0 Å². The van der Waals surface area contributed by atoms with Crippen LogP contribution in [-0.4, -0.2) is 33.0 Å². The molecule has 2 atom stereocenters. The van der Waals surface area contributed by atoms with Crippen LogP contribution in [0.2, 0.25) is 0 Å². The van der Waals surface area contributed by atoms with Crippen molar-refractivity contribution in [2.45, 2.75) is 31.3 Å². The van der Waals surface area contributed by atoms with Crippen LogP contribution in [0.5, 0.6) is 0 Å². The minimum Gasteiger partial charge on any atom is -0.347 e. The van der Waals surface area contributed by atoms with E-state index >= 15 is 0 Å². The molecule has 0 radical (unpaired) electrons. The summed E-state index contributed by atoms with van der Waals surface area (Å²) in [4.78, 5) is 14.0. The highest BCUT2D eigenvalue weighted by Gasteiger charge is 2.29. The summed E-state index contributed by atoms with van der Waals surface area (Å²) in [5, 5.41) is 11.2. The Bertz CT molecular complexity index is 643. The molecule has 0 unspecified atom stereocenters. The van der Waals surface area contributed by atoms with Gasteiger partial charge in [0.05, 0.1) is 35.7 Å². The largest absolute Gasteiger partial charge is 0.347 e. The molecule has 1 aromatic heterocycles. The molecule has 1 amide bonds. The summed E-state index contributed by atoms with van der Waals surface area (Å²) >= 11 is 4.80. The third-order valence-electron chi connectivity index (χ3n) is 3.71. The van der Waals surface area contributed by atoms with Crippen LogP contribution in [0, 0.1) is 0 Å². The molecule has 1 fully saturated rings. The number of nitrogens with one attached hydrogen (secondary N) is 1. The molecule has 21 heavy (non-hydrogen) atoms. The summed E-state index contributed by atoms with van der Waals surface area (Å²) in [6.07, 6.45) is 6.06. The molecule has 6 nitrogen and oxygen atoms in total. The molecule has 0 saturated heterocycles. The third kappa shape index (κ3) is 2.82. The van der Waals surface area contributed by atoms with Gasteiger partial charge < -0.3 is 5.32 Å². The van der Waals surface area contributed by atoms with Gasteiger partial charge in [0.2, 0.25) is 0 Å². The zero-order valence-corrected chi connectivity index (χ0v) is 12.2. The van der Waals surface area contributed by atoms with E-state index in [1.54, 1.807) is 18.5 Å². The maximum Gasteiger partial charge on any atom is 0.253 e. The highest BCUT2D eigenvalue weighted by atomic mass is 32.1. The second kappa shape index (κ2) is 6.09. The molecule has 1 aliphatic carbocycles. The van der Waals surface area contributed by atoms with E-state index in [1.807, 2.05) is 18.2 Å². The predicted molar refractivity (Wildman–Crippen MR) is 80.0 cm³/mol. The van der Waals surface area contributed by atoms with Crippen LogP contribution in [-0.2, 0) is 12.4 Å². The zero-order valence-electron chi connectivity index (χ0n) is 11.3. The fourth-order valence-corrected chi connectivity index (χ4v) is 2.91. The molecule has 1 saturated carbocycles. The fraction of sp³-hybridized carbons (Fsp3) is 0.357. The van der Waals surface area contributed by atoms with E-state index in [9.17, 15) is 4.79 Å². The van der Waals surface area contributed by atoms with Crippen LogP contribution in [0.3, 0.4) is 0 Å². The van der Waals surface area contributed by atoms with Crippen molar-refractivity contribution < 1.29 is 4.79 Å². The summed E-state index contributed by atoms with van der Waals surface area (Å²) in [7, 11) is 0. The molecular weight excluding hydrogens is 286 g/mol. The van der Waals surface area contributed by atoms with E-state index in [4.69, 9.17) is 12.4 Å². The first-order valence-electron chi connectivity index (χ1n) is 6.88. The van der Waals surface area contributed by atoms with Crippen molar-refractivity contribution in [3.05, 3.63) is 42.2 Å². The summed E-state index contributed by atoms with van der Waals surface area (Å²) in [6, 6.07) is 7.33. The first-order chi connectivity index (χ1) is 10.3. The Morgan fingerprint density at radius 1 is 1.29 bits per heavy atom. The van der Waals surface area contributed by atoms with Gasteiger partial charge >= 0.3 is 0 Å². The first-order valence-corrected chi connectivity index (χ1v) is 7.25. The molecule has 0 aliphatic heterocycles. The van der Waals surface area contributed by atoms with Gasteiger partial charge in [-0.25, -0.2) is 4.36 Å². The van der Waals surface area contributed by atoms with Crippen LogP contribution in [0.15, 0.2) is 41.0 Å². The maximum atomic E-state index is 12.5. The fourth-order valence-electron chi connectivity index (χ4n) is 2.66. The standard InChI is InChI=1S/C14H15N5OS/c20-14(17-11-5-3-6-12(11)18-21)10-4-1-2-7-13(10)19-15-8-9-16-19/h1-2,4,7-9,11-12H,3,5-6H2,(H,17,20)/t11-,12+/m1/s1. The van der Waals surface area contributed by atoms with E-state index in [-0.39, 0.29) is 18.0 Å². The number of carbonyl (C=O) groups is 1. The number of nitrogens with zero attached hydrogens (tertiary/aromatic N) is 4. The molecule has 1 N–H and O–H groups in total. The minimum atomic E-state index is -0.140. The molecule has 1 aromatic carbocycles. The highest BCUT2D eigenvalue weighted by Crippen LogP contribution is 2.22. The van der Waals surface area contributed by atoms with Crippen LogP contribution >= 0.6 is 0 Å². The lowest BCUT2D eigenvalue weighted by molar-refractivity contribution is 0.0934.